The number of aryl methyl sites for hydroxylation is 1. The summed E-state index contributed by atoms with van der Waals surface area (Å²) in [6, 6.07) is 3.11. The van der Waals surface area contributed by atoms with E-state index in [1.54, 1.807) is 4.52 Å². The molecule has 3 aliphatic rings. The lowest BCUT2D eigenvalue weighted by Crippen LogP contribution is -2.34. The van der Waals surface area contributed by atoms with Gasteiger partial charge >= 0.3 is 0 Å². The van der Waals surface area contributed by atoms with Gasteiger partial charge in [-0.3, -0.25) is 19.6 Å². The molecular weight excluding hydrogens is 402 g/mol. The molecule has 32 heavy (non-hydrogen) atoms. The summed E-state index contributed by atoms with van der Waals surface area (Å²) in [6.07, 6.45) is 13.2. The van der Waals surface area contributed by atoms with Gasteiger partial charge in [0.25, 0.3) is 5.56 Å². The Bertz CT molecular complexity index is 1010. The highest BCUT2D eigenvalue weighted by Gasteiger charge is 2.31. The molecule has 2 saturated carbocycles. The van der Waals surface area contributed by atoms with Gasteiger partial charge in [-0.25, -0.2) is 9.50 Å². The van der Waals surface area contributed by atoms with Crippen molar-refractivity contribution in [2.24, 2.45) is 0 Å². The number of carbonyl (C=O) groups excluding carboxylic acids is 1. The summed E-state index contributed by atoms with van der Waals surface area (Å²) in [7, 11) is 0. The maximum atomic E-state index is 13.2. The van der Waals surface area contributed by atoms with Crippen molar-refractivity contribution in [2.45, 2.75) is 102 Å². The molecule has 7 heteroatoms. The zero-order valence-electron chi connectivity index (χ0n) is 19.4. The quantitative estimate of drug-likeness (QED) is 0.722. The molecule has 2 aromatic heterocycles. The predicted octanol–water partition coefficient (Wildman–Crippen LogP) is 3.44. The van der Waals surface area contributed by atoms with E-state index in [4.69, 9.17) is 4.98 Å². The first-order valence-corrected chi connectivity index (χ1v) is 12.7. The molecule has 0 bridgehead atoms. The van der Waals surface area contributed by atoms with Crippen molar-refractivity contribution >= 4 is 11.6 Å². The Hall–Kier alpha value is -2.15. The van der Waals surface area contributed by atoms with Crippen LogP contribution in [0.5, 0.6) is 0 Å². The number of carbonyl (C=O) groups is 1. The summed E-state index contributed by atoms with van der Waals surface area (Å²) in [6.45, 7) is 4.10. The van der Waals surface area contributed by atoms with Gasteiger partial charge < -0.3 is 5.32 Å². The Morgan fingerprint density at radius 1 is 1.12 bits per heavy atom. The van der Waals surface area contributed by atoms with E-state index in [0.29, 0.717) is 36.0 Å². The lowest BCUT2D eigenvalue weighted by Gasteiger charge is -2.30. The molecule has 7 nitrogen and oxygen atoms in total. The second-order valence-electron chi connectivity index (χ2n) is 10.2. The fourth-order valence-corrected chi connectivity index (χ4v) is 6.11. The molecule has 2 N–H and O–H groups in total. The van der Waals surface area contributed by atoms with Crippen LogP contribution in [0, 0.1) is 6.92 Å². The molecule has 2 aliphatic carbocycles. The Morgan fingerprint density at radius 2 is 1.88 bits per heavy atom. The molecule has 5 rings (SSSR count). The normalized spacial score (nSPS) is 23.3. The van der Waals surface area contributed by atoms with Gasteiger partial charge in [0.05, 0.1) is 0 Å². The molecule has 3 heterocycles. The standard InChI is InChI=1S/C25H37N5O2/c1-17-21(11-12-24(31)27-19-7-5-6-8-19)25(32)30-23(26-17)15-22(28-30)18-13-14-29(16-18)20-9-3-2-4-10-20/h15,18-20,28H,2-14,16H2,1H3,(H,27,31)/t18-/m1/s1. The number of rotatable bonds is 6. The van der Waals surface area contributed by atoms with Crippen molar-refractivity contribution in [3.63, 3.8) is 0 Å². The van der Waals surface area contributed by atoms with Crippen LogP contribution in [0.3, 0.4) is 0 Å². The lowest BCUT2D eigenvalue weighted by molar-refractivity contribution is -0.121. The Kier molecular flexibility index (Phi) is 6.35. The van der Waals surface area contributed by atoms with Gasteiger partial charge in [0.15, 0.2) is 5.65 Å². The van der Waals surface area contributed by atoms with Crippen LogP contribution in [0.4, 0.5) is 0 Å². The molecule has 2 aromatic rings. The first-order valence-electron chi connectivity index (χ1n) is 12.7. The van der Waals surface area contributed by atoms with Crippen LogP contribution in [-0.2, 0) is 11.2 Å². The number of fused-ring (bicyclic) bond motifs is 1. The van der Waals surface area contributed by atoms with E-state index in [-0.39, 0.29) is 11.5 Å². The fourth-order valence-electron chi connectivity index (χ4n) is 6.11. The van der Waals surface area contributed by atoms with Crippen molar-refractivity contribution < 1.29 is 4.79 Å². The molecule has 1 atom stereocenters. The number of amides is 1. The van der Waals surface area contributed by atoms with Crippen LogP contribution in [0.25, 0.3) is 5.65 Å². The summed E-state index contributed by atoms with van der Waals surface area (Å²) >= 11 is 0. The van der Waals surface area contributed by atoms with E-state index in [9.17, 15) is 9.59 Å². The van der Waals surface area contributed by atoms with Crippen molar-refractivity contribution in [2.75, 3.05) is 13.1 Å². The SMILES string of the molecule is Cc1nc2cc([C@@H]3CCN(C4CCCCC4)C3)[nH]n2c(=O)c1CCC(=O)NC1CCCC1. The molecular formula is C25H37N5O2. The van der Waals surface area contributed by atoms with E-state index in [2.05, 4.69) is 21.4 Å². The number of aromatic nitrogens is 3. The minimum atomic E-state index is -0.0606. The third-order valence-electron chi connectivity index (χ3n) is 8.01. The molecule has 0 unspecified atom stereocenters. The fraction of sp³-hybridized carbons (Fsp3) is 0.720. The second kappa shape index (κ2) is 9.38. The summed E-state index contributed by atoms with van der Waals surface area (Å²) < 4.78 is 1.59. The van der Waals surface area contributed by atoms with Gasteiger partial charge in [-0.15, -0.1) is 0 Å². The molecule has 1 amide bonds. The van der Waals surface area contributed by atoms with Crippen LogP contribution in [0.1, 0.15) is 93.5 Å². The van der Waals surface area contributed by atoms with Gasteiger partial charge in [-0.05, 0) is 52.0 Å². The van der Waals surface area contributed by atoms with E-state index in [1.807, 2.05) is 6.92 Å². The van der Waals surface area contributed by atoms with E-state index in [1.165, 1.54) is 44.9 Å². The number of likely N-dealkylation sites (tertiary alicyclic amines) is 1. The van der Waals surface area contributed by atoms with E-state index < -0.39 is 0 Å². The van der Waals surface area contributed by atoms with E-state index in [0.717, 1.165) is 49.8 Å². The maximum absolute atomic E-state index is 13.2. The number of aromatic amines is 1. The zero-order chi connectivity index (χ0) is 22.1. The van der Waals surface area contributed by atoms with Crippen LogP contribution in [0.15, 0.2) is 10.9 Å². The van der Waals surface area contributed by atoms with E-state index >= 15 is 0 Å². The molecule has 0 aromatic carbocycles. The smallest absolute Gasteiger partial charge is 0.276 e. The average Bonchev–Trinajstić information content (AvgIpc) is 3.55. The van der Waals surface area contributed by atoms with Gasteiger partial charge in [0, 0.05) is 54.0 Å². The van der Waals surface area contributed by atoms with Crippen LogP contribution >= 0.6 is 0 Å². The first kappa shape index (κ1) is 21.7. The van der Waals surface area contributed by atoms with Crippen molar-refractivity contribution in [1.82, 2.24) is 24.8 Å². The second-order valence-corrected chi connectivity index (χ2v) is 10.2. The highest BCUT2D eigenvalue weighted by atomic mass is 16.1. The molecule has 0 spiro atoms. The van der Waals surface area contributed by atoms with Gasteiger partial charge in [0.2, 0.25) is 5.91 Å². The topological polar surface area (TPSA) is 82.5 Å². The number of nitrogens with zero attached hydrogens (tertiary/aromatic N) is 3. The number of nitrogens with one attached hydrogen (secondary N) is 2. The molecule has 174 valence electrons. The average molecular weight is 440 g/mol. The monoisotopic (exact) mass is 439 g/mol. The molecule has 1 aliphatic heterocycles. The van der Waals surface area contributed by atoms with Gasteiger partial charge in [0.1, 0.15) is 0 Å². The largest absolute Gasteiger partial charge is 0.353 e. The number of H-pyrrole nitrogens is 1. The highest BCUT2D eigenvalue weighted by molar-refractivity contribution is 5.76. The maximum Gasteiger partial charge on any atom is 0.276 e. The van der Waals surface area contributed by atoms with Gasteiger partial charge in [-0.1, -0.05) is 32.1 Å². The van der Waals surface area contributed by atoms with Crippen LogP contribution in [-0.4, -0.2) is 50.6 Å². The number of hydrogen-bond donors (Lipinski definition) is 2. The van der Waals surface area contributed by atoms with Crippen molar-refractivity contribution in [3.8, 4) is 0 Å². The zero-order valence-corrected chi connectivity index (χ0v) is 19.4. The highest BCUT2D eigenvalue weighted by Crippen LogP contribution is 2.32. The van der Waals surface area contributed by atoms with Crippen LogP contribution in [0.2, 0.25) is 0 Å². The van der Waals surface area contributed by atoms with Gasteiger partial charge in [-0.2, -0.15) is 0 Å². The summed E-state index contributed by atoms with van der Waals surface area (Å²) in [5.74, 6) is 0.473. The Morgan fingerprint density at radius 3 is 2.66 bits per heavy atom. The van der Waals surface area contributed by atoms with Crippen molar-refractivity contribution in [3.05, 3.63) is 33.4 Å². The predicted molar refractivity (Wildman–Crippen MR) is 125 cm³/mol. The molecule has 3 fully saturated rings. The first-order chi connectivity index (χ1) is 15.6. The summed E-state index contributed by atoms with van der Waals surface area (Å²) in [5.41, 5.74) is 3.13. The summed E-state index contributed by atoms with van der Waals surface area (Å²) in [5, 5.41) is 6.47. The minimum absolute atomic E-state index is 0.0433. The molecule has 0 radical (unpaired) electrons. The number of hydrogen-bond acceptors (Lipinski definition) is 4. The van der Waals surface area contributed by atoms with Crippen molar-refractivity contribution in [1.29, 1.82) is 0 Å². The minimum Gasteiger partial charge on any atom is -0.353 e. The Balaban J connectivity index is 1.27. The third-order valence-corrected chi connectivity index (χ3v) is 8.01. The van der Waals surface area contributed by atoms with Crippen LogP contribution < -0.4 is 10.9 Å². The third kappa shape index (κ3) is 4.49. The molecule has 1 saturated heterocycles. The summed E-state index contributed by atoms with van der Waals surface area (Å²) in [4.78, 5) is 32.9. The lowest BCUT2D eigenvalue weighted by atomic mass is 9.94. The Labute approximate surface area is 190 Å².